The third-order valence-corrected chi connectivity index (χ3v) is 4.35. The molecular weight excluding hydrogens is 400 g/mol. The van der Waals surface area contributed by atoms with Crippen molar-refractivity contribution in [2.45, 2.75) is 37.6 Å². The van der Waals surface area contributed by atoms with E-state index < -0.39 is 47.9 Å². The molecule has 4 unspecified atom stereocenters. The van der Waals surface area contributed by atoms with Gasteiger partial charge in [0.1, 0.15) is 12.1 Å². The number of benzene rings is 1. The zero-order chi connectivity index (χ0) is 22.0. The van der Waals surface area contributed by atoms with Crippen LogP contribution in [0.3, 0.4) is 0 Å². The molecule has 0 saturated carbocycles. The summed E-state index contributed by atoms with van der Waals surface area (Å²) < 4.78 is 0. The third kappa shape index (κ3) is 8.10. The molecule has 0 radical (unpaired) electrons. The summed E-state index contributed by atoms with van der Waals surface area (Å²) in [7, 11) is 0. The van der Waals surface area contributed by atoms with Crippen molar-refractivity contribution in [3.05, 3.63) is 35.9 Å². The maximum absolute atomic E-state index is 12.7. The molecule has 4 atom stereocenters. The van der Waals surface area contributed by atoms with Crippen LogP contribution in [0.2, 0.25) is 0 Å². The fourth-order valence-electron chi connectivity index (χ4n) is 2.42. The Bertz CT molecular complexity index is 716. The fraction of sp³-hybridized carbons (Fsp3) is 0.444. The van der Waals surface area contributed by atoms with E-state index in [9.17, 15) is 24.3 Å². The van der Waals surface area contributed by atoms with Gasteiger partial charge in [-0.3, -0.25) is 14.4 Å². The molecule has 7 N–H and O–H groups in total. The van der Waals surface area contributed by atoms with Gasteiger partial charge in [0.2, 0.25) is 17.7 Å². The van der Waals surface area contributed by atoms with Gasteiger partial charge in [0, 0.05) is 12.2 Å². The van der Waals surface area contributed by atoms with Crippen LogP contribution in [0, 0.1) is 0 Å². The molecule has 0 aliphatic heterocycles. The SMILES string of the molecule is CC(O)C(NC(=O)C(Cc1ccccc1)NC(=O)C(CS)NC(=O)CN)C(=O)O. The van der Waals surface area contributed by atoms with Gasteiger partial charge in [-0.05, 0) is 12.5 Å². The smallest absolute Gasteiger partial charge is 0.328 e. The number of carbonyl (C=O) groups excluding carboxylic acids is 3. The third-order valence-electron chi connectivity index (χ3n) is 3.98. The number of carbonyl (C=O) groups is 4. The van der Waals surface area contributed by atoms with Gasteiger partial charge in [-0.1, -0.05) is 30.3 Å². The van der Waals surface area contributed by atoms with Crippen molar-refractivity contribution in [3.8, 4) is 0 Å². The van der Waals surface area contributed by atoms with E-state index in [-0.39, 0.29) is 18.7 Å². The first-order valence-corrected chi connectivity index (χ1v) is 9.48. The van der Waals surface area contributed by atoms with Crippen LogP contribution in [-0.4, -0.2) is 70.4 Å². The Morgan fingerprint density at radius 3 is 2.10 bits per heavy atom. The van der Waals surface area contributed by atoms with E-state index in [1.807, 2.05) is 0 Å². The number of aliphatic carboxylic acids is 1. The molecule has 1 aromatic carbocycles. The molecule has 29 heavy (non-hydrogen) atoms. The molecule has 0 aliphatic carbocycles. The van der Waals surface area contributed by atoms with Crippen LogP contribution in [0.4, 0.5) is 0 Å². The van der Waals surface area contributed by atoms with Crippen LogP contribution in [0.25, 0.3) is 0 Å². The monoisotopic (exact) mass is 426 g/mol. The predicted molar refractivity (Wildman–Crippen MR) is 108 cm³/mol. The molecule has 0 aromatic heterocycles. The number of nitrogens with two attached hydrogens (primary N) is 1. The van der Waals surface area contributed by atoms with E-state index >= 15 is 0 Å². The highest BCUT2D eigenvalue weighted by Crippen LogP contribution is 2.06. The number of carboxylic acids is 1. The summed E-state index contributed by atoms with van der Waals surface area (Å²) >= 11 is 4.02. The Balaban J connectivity index is 3.00. The minimum absolute atomic E-state index is 0.0390. The maximum atomic E-state index is 12.7. The van der Waals surface area contributed by atoms with E-state index in [1.54, 1.807) is 30.3 Å². The van der Waals surface area contributed by atoms with Crippen molar-refractivity contribution in [2.75, 3.05) is 12.3 Å². The Hall–Kier alpha value is -2.63. The van der Waals surface area contributed by atoms with Gasteiger partial charge in [0.15, 0.2) is 6.04 Å². The molecule has 1 rings (SSSR count). The van der Waals surface area contributed by atoms with Gasteiger partial charge >= 0.3 is 5.97 Å². The van der Waals surface area contributed by atoms with Gasteiger partial charge in [-0.2, -0.15) is 12.6 Å². The second-order valence-electron chi connectivity index (χ2n) is 6.32. The van der Waals surface area contributed by atoms with Crippen molar-refractivity contribution < 1.29 is 29.4 Å². The van der Waals surface area contributed by atoms with E-state index in [0.717, 1.165) is 0 Å². The lowest BCUT2D eigenvalue weighted by molar-refractivity contribution is -0.145. The average molecular weight is 426 g/mol. The molecule has 160 valence electrons. The number of aliphatic hydroxyl groups is 1. The molecule has 0 heterocycles. The topological polar surface area (TPSA) is 171 Å². The minimum Gasteiger partial charge on any atom is -0.480 e. The summed E-state index contributed by atoms with van der Waals surface area (Å²) in [6.45, 7) is 0.906. The van der Waals surface area contributed by atoms with Crippen molar-refractivity contribution >= 4 is 36.3 Å². The van der Waals surface area contributed by atoms with E-state index in [4.69, 9.17) is 10.8 Å². The molecule has 0 spiro atoms. The van der Waals surface area contributed by atoms with Crippen LogP contribution in [0.1, 0.15) is 12.5 Å². The first-order valence-electron chi connectivity index (χ1n) is 8.85. The number of nitrogens with one attached hydrogen (secondary N) is 3. The van der Waals surface area contributed by atoms with Gasteiger partial charge in [0.05, 0.1) is 12.6 Å². The van der Waals surface area contributed by atoms with Crippen molar-refractivity contribution in [2.24, 2.45) is 5.73 Å². The standard InChI is InChI=1S/C18H26N4O6S/c1-10(23)15(18(27)28)22-16(25)12(7-11-5-3-2-4-6-11)21-17(26)13(9-29)20-14(24)8-19/h2-6,10,12-13,15,23,29H,7-9,19H2,1H3,(H,20,24)(H,21,26)(H,22,25)(H,27,28). The van der Waals surface area contributed by atoms with Gasteiger partial charge in [-0.25, -0.2) is 4.79 Å². The zero-order valence-electron chi connectivity index (χ0n) is 15.9. The molecule has 0 aliphatic rings. The maximum Gasteiger partial charge on any atom is 0.328 e. The summed E-state index contributed by atoms with van der Waals surface area (Å²) in [4.78, 5) is 47.9. The quantitative estimate of drug-likeness (QED) is 0.201. The Labute approximate surface area is 173 Å². The second kappa shape index (κ2) is 12.0. The number of thiol groups is 1. The molecule has 1 aromatic rings. The van der Waals surface area contributed by atoms with E-state index in [1.165, 1.54) is 6.92 Å². The number of aliphatic hydroxyl groups excluding tert-OH is 1. The zero-order valence-corrected chi connectivity index (χ0v) is 16.8. The van der Waals surface area contributed by atoms with Crippen LogP contribution >= 0.6 is 12.6 Å². The van der Waals surface area contributed by atoms with Crippen molar-refractivity contribution in [3.63, 3.8) is 0 Å². The van der Waals surface area contributed by atoms with Gasteiger partial charge in [0.25, 0.3) is 0 Å². The van der Waals surface area contributed by atoms with Crippen LogP contribution in [0.15, 0.2) is 30.3 Å². The lowest BCUT2D eigenvalue weighted by atomic mass is 10.0. The van der Waals surface area contributed by atoms with Crippen LogP contribution < -0.4 is 21.7 Å². The minimum atomic E-state index is -1.55. The molecule has 0 bridgehead atoms. The summed E-state index contributed by atoms with van der Waals surface area (Å²) in [5.41, 5.74) is 5.94. The van der Waals surface area contributed by atoms with Crippen LogP contribution in [0.5, 0.6) is 0 Å². The van der Waals surface area contributed by atoms with Crippen molar-refractivity contribution in [1.82, 2.24) is 16.0 Å². The van der Waals surface area contributed by atoms with Crippen LogP contribution in [-0.2, 0) is 25.6 Å². The average Bonchev–Trinajstić information content (AvgIpc) is 2.69. The largest absolute Gasteiger partial charge is 0.480 e. The lowest BCUT2D eigenvalue weighted by Crippen LogP contribution is -2.58. The second-order valence-corrected chi connectivity index (χ2v) is 6.69. The van der Waals surface area contributed by atoms with E-state index in [0.29, 0.717) is 5.56 Å². The highest BCUT2D eigenvalue weighted by molar-refractivity contribution is 7.80. The number of hydrogen-bond acceptors (Lipinski definition) is 7. The molecule has 3 amide bonds. The Kier molecular flexibility index (Phi) is 10.1. The number of amides is 3. The van der Waals surface area contributed by atoms with Gasteiger partial charge in [-0.15, -0.1) is 0 Å². The number of rotatable bonds is 11. The first kappa shape index (κ1) is 24.4. The number of carboxylic acid groups (broad SMARTS) is 1. The molecule has 10 nitrogen and oxygen atoms in total. The van der Waals surface area contributed by atoms with E-state index in [2.05, 4.69) is 28.6 Å². The Morgan fingerprint density at radius 1 is 1.03 bits per heavy atom. The summed E-state index contributed by atoms with van der Waals surface area (Å²) in [5.74, 6) is -3.49. The highest BCUT2D eigenvalue weighted by Gasteiger charge is 2.31. The van der Waals surface area contributed by atoms with Gasteiger partial charge < -0.3 is 31.9 Å². The fourth-order valence-corrected chi connectivity index (χ4v) is 2.68. The lowest BCUT2D eigenvalue weighted by Gasteiger charge is -2.24. The first-order chi connectivity index (χ1) is 13.7. The molecule has 11 heteroatoms. The molecular formula is C18H26N4O6S. The normalized spacial score (nSPS) is 14.8. The Morgan fingerprint density at radius 2 is 1.62 bits per heavy atom. The summed E-state index contributed by atoms with van der Waals surface area (Å²) in [6.07, 6.45) is -1.28. The predicted octanol–water partition coefficient (Wildman–Crippen LogP) is -1.96. The molecule has 0 saturated heterocycles. The highest BCUT2D eigenvalue weighted by atomic mass is 32.1. The molecule has 0 fully saturated rings. The summed E-state index contributed by atoms with van der Waals surface area (Å²) in [5, 5.41) is 25.9. The van der Waals surface area contributed by atoms with Crippen molar-refractivity contribution in [1.29, 1.82) is 0 Å². The summed E-state index contributed by atoms with van der Waals surface area (Å²) in [6, 6.07) is 5.03. The number of hydrogen-bond donors (Lipinski definition) is 7.